The molecule has 1 aliphatic heterocycles. The number of carbonyl (C=O) groups excluding carboxylic acids is 2. The number of ether oxygens (including phenoxy) is 2. The highest BCUT2D eigenvalue weighted by atomic mass is 16.5. The van der Waals surface area contributed by atoms with Crippen LogP contribution in [0.5, 0.6) is 17.2 Å². The quantitative estimate of drug-likeness (QED) is 0.303. The van der Waals surface area contributed by atoms with Gasteiger partial charge in [0.25, 0.3) is 5.91 Å². The van der Waals surface area contributed by atoms with Crippen LogP contribution in [0.25, 0.3) is 11.5 Å². The number of aromatic nitrogens is 3. The number of rotatable bonds is 9. The molecule has 2 aromatic carbocycles. The minimum Gasteiger partial charge on any atom is -0.493 e. The maximum absolute atomic E-state index is 13.2. The van der Waals surface area contributed by atoms with Crippen LogP contribution < -0.4 is 14.8 Å². The summed E-state index contributed by atoms with van der Waals surface area (Å²) in [6.45, 7) is 4.07. The highest BCUT2D eigenvalue weighted by Gasteiger charge is 2.29. The molecule has 2 aromatic heterocycles. The number of carboxylic acid groups (broad SMARTS) is 1. The fourth-order valence-electron chi connectivity index (χ4n) is 4.35. The van der Waals surface area contributed by atoms with Crippen LogP contribution in [0.4, 0.5) is 5.82 Å². The predicted octanol–water partition coefficient (Wildman–Crippen LogP) is 4.35. The van der Waals surface area contributed by atoms with Gasteiger partial charge in [0.2, 0.25) is 17.7 Å². The molecule has 2 amide bonds. The molecule has 0 saturated carbocycles. The number of hydrogen-bond acceptors (Lipinski definition) is 9. The molecule has 0 bridgehead atoms. The Labute approximate surface area is 234 Å². The summed E-state index contributed by atoms with van der Waals surface area (Å²) in [5, 5.41) is 19.8. The molecule has 1 aliphatic rings. The van der Waals surface area contributed by atoms with E-state index >= 15 is 0 Å². The zero-order chi connectivity index (χ0) is 29.1. The number of carboxylic acids is 1. The fourth-order valence-corrected chi connectivity index (χ4v) is 4.35. The van der Waals surface area contributed by atoms with Gasteiger partial charge in [-0.2, -0.15) is 0 Å². The summed E-state index contributed by atoms with van der Waals surface area (Å²) in [5.41, 5.74) is 1.24. The summed E-state index contributed by atoms with van der Waals surface area (Å²) >= 11 is 0. The molecular weight excluding hydrogens is 530 g/mol. The third-order valence-electron chi connectivity index (χ3n) is 6.55. The molecule has 1 atom stereocenters. The molecule has 12 nitrogen and oxygen atoms in total. The second-order valence-corrected chi connectivity index (χ2v) is 9.59. The summed E-state index contributed by atoms with van der Waals surface area (Å²) in [5.74, 6) is 0.322. The Kier molecular flexibility index (Phi) is 7.64. The zero-order valence-electron chi connectivity index (χ0n) is 22.6. The Balaban J connectivity index is 1.38. The van der Waals surface area contributed by atoms with Crippen molar-refractivity contribution in [3.8, 4) is 28.7 Å². The van der Waals surface area contributed by atoms with E-state index in [0.29, 0.717) is 42.0 Å². The first kappa shape index (κ1) is 27.3. The maximum Gasteiger partial charge on any atom is 0.337 e. The van der Waals surface area contributed by atoms with Crippen LogP contribution in [-0.4, -0.2) is 63.2 Å². The van der Waals surface area contributed by atoms with E-state index in [2.05, 4.69) is 20.5 Å². The van der Waals surface area contributed by atoms with E-state index in [9.17, 15) is 19.5 Å². The Morgan fingerprint density at radius 2 is 1.80 bits per heavy atom. The molecule has 210 valence electrons. The summed E-state index contributed by atoms with van der Waals surface area (Å²) in [6, 6.07) is 14.5. The first-order valence-corrected chi connectivity index (χ1v) is 12.8. The average Bonchev–Trinajstić information content (AvgIpc) is 3.52. The fraction of sp³-hybridized carbons (Fsp3) is 0.241. The van der Waals surface area contributed by atoms with Crippen LogP contribution in [0, 0.1) is 19.8 Å². The van der Waals surface area contributed by atoms with Crippen LogP contribution in [-0.2, 0) is 4.79 Å². The summed E-state index contributed by atoms with van der Waals surface area (Å²) in [6.07, 6.45) is 0.683. The lowest BCUT2D eigenvalue weighted by molar-refractivity contribution is -0.130. The lowest BCUT2D eigenvalue weighted by Crippen LogP contribution is -2.25. The van der Waals surface area contributed by atoms with Gasteiger partial charge in [0.1, 0.15) is 23.1 Å². The van der Waals surface area contributed by atoms with E-state index in [-0.39, 0.29) is 41.1 Å². The largest absolute Gasteiger partial charge is 0.493 e. The van der Waals surface area contributed by atoms with Crippen molar-refractivity contribution in [3.05, 3.63) is 77.3 Å². The number of anilines is 1. The van der Waals surface area contributed by atoms with Gasteiger partial charge < -0.3 is 29.2 Å². The SMILES string of the molecule is Cc1nnc(-c2ccc(Oc3cc(OCC4CCN(C)C4=O)cc(C(=O)Nc4ccc(C(=O)O)c(C)n4)c3)cc2)o1. The van der Waals surface area contributed by atoms with Crippen molar-refractivity contribution in [3.63, 3.8) is 0 Å². The highest BCUT2D eigenvalue weighted by molar-refractivity contribution is 6.04. The van der Waals surface area contributed by atoms with Crippen LogP contribution in [0.15, 0.2) is 59.0 Å². The van der Waals surface area contributed by atoms with Crippen LogP contribution in [0.1, 0.15) is 38.7 Å². The van der Waals surface area contributed by atoms with Gasteiger partial charge in [0.15, 0.2) is 0 Å². The minimum atomic E-state index is -1.10. The standard InChI is InChI=1S/C29H27N5O7/c1-16-24(29(37)38)8-9-25(30-16)31-26(35)20-12-22(39-15-19-10-11-34(3)28(19)36)14-23(13-20)41-21-6-4-18(5-7-21)27-33-32-17(2)40-27/h4-9,12-14,19H,10-11,15H2,1-3H3,(H,37,38)(H,30,31,35). The van der Waals surface area contributed by atoms with Gasteiger partial charge in [-0.05, 0) is 61.9 Å². The number of likely N-dealkylation sites (tertiary alicyclic amines) is 1. The minimum absolute atomic E-state index is 0.0122. The van der Waals surface area contributed by atoms with Crippen LogP contribution in [0.3, 0.4) is 0 Å². The summed E-state index contributed by atoms with van der Waals surface area (Å²) < 4.78 is 17.5. The van der Waals surface area contributed by atoms with Crippen molar-refractivity contribution in [2.75, 3.05) is 25.5 Å². The number of hydrogen-bond donors (Lipinski definition) is 2. The van der Waals surface area contributed by atoms with Gasteiger partial charge in [-0.15, -0.1) is 10.2 Å². The molecular formula is C29H27N5O7. The van der Waals surface area contributed by atoms with E-state index in [4.69, 9.17) is 13.9 Å². The Morgan fingerprint density at radius 3 is 2.44 bits per heavy atom. The molecule has 2 N–H and O–H groups in total. The van der Waals surface area contributed by atoms with Gasteiger partial charge >= 0.3 is 5.97 Å². The van der Waals surface area contributed by atoms with E-state index in [1.165, 1.54) is 12.1 Å². The molecule has 1 fully saturated rings. The van der Waals surface area contributed by atoms with Crippen molar-refractivity contribution < 1.29 is 33.4 Å². The Morgan fingerprint density at radius 1 is 1.05 bits per heavy atom. The van der Waals surface area contributed by atoms with E-state index in [1.54, 1.807) is 68.3 Å². The molecule has 41 heavy (non-hydrogen) atoms. The van der Waals surface area contributed by atoms with E-state index in [1.807, 2.05) is 0 Å². The molecule has 5 rings (SSSR count). The summed E-state index contributed by atoms with van der Waals surface area (Å²) in [7, 11) is 1.75. The number of pyridine rings is 1. The van der Waals surface area contributed by atoms with Crippen molar-refractivity contribution >= 4 is 23.6 Å². The van der Waals surface area contributed by atoms with Crippen molar-refractivity contribution in [2.45, 2.75) is 20.3 Å². The number of carbonyl (C=O) groups is 3. The first-order valence-electron chi connectivity index (χ1n) is 12.8. The number of benzene rings is 2. The summed E-state index contributed by atoms with van der Waals surface area (Å²) in [4.78, 5) is 42.7. The number of aryl methyl sites for hydroxylation is 2. The second-order valence-electron chi connectivity index (χ2n) is 9.59. The first-order chi connectivity index (χ1) is 19.7. The molecule has 0 radical (unpaired) electrons. The van der Waals surface area contributed by atoms with Crippen molar-refractivity contribution in [1.82, 2.24) is 20.1 Å². The topological polar surface area (TPSA) is 157 Å². The van der Waals surface area contributed by atoms with Crippen molar-refractivity contribution in [1.29, 1.82) is 0 Å². The lowest BCUT2D eigenvalue weighted by Gasteiger charge is -2.15. The van der Waals surface area contributed by atoms with Crippen molar-refractivity contribution in [2.24, 2.45) is 5.92 Å². The van der Waals surface area contributed by atoms with Crippen LogP contribution in [0.2, 0.25) is 0 Å². The van der Waals surface area contributed by atoms with E-state index in [0.717, 1.165) is 5.56 Å². The predicted molar refractivity (Wildman–Crippen MR) is 146 cm³/mol. The molecule has 1 saturated heterocycles. The number of aromatic carboxylic acids is 1. The number of nitrogens with zero attached hydrogens (tertiary/aromatic N) is 4. The Bertz CT molecular complexity index is 1620. The monoisotopic (exact) mass is 557 g/mol. The third kappa shape index (κ3) is 6.32. The maximum atomic E-state index is 13.2. The smallest absolute Gasteiger partial charge is 0.337 e. The van der Waals surface area contributed by atoms with Crippen LogP contribution >= 0.6 is 0 Å². The molecule has 3 heterocycles. The molecule has 12 heteroatoms. The normalized spacial score (nSPS) is 14.7. The molecule has 1 unspecified atom stereocenters. The van der Waals surface area contributed by atoms with Gasteiger partial charge in [-0.25, -0.2) is 9.78 Å². The van der Waals surface area contributed by atoms with Gasteiger partial charge in [0.05, 0.1) is 23.8 Å². The third-order valence-corrected chi connectivity index (χ3v) is 6.55. The average molecular weight is 558 g/mol. The number of amides is 2. The number of nitrogens with one attached hydrogen (secondary N) is 1. The van der Waals surface area contributed by atoms with E-state index < -0.39 is 11.9 Å². The molecule has 4 aromatic rings. The van der Waals surface area contributed by atoms with Gasteiger partial charge in [-0.3, -0.25) is 9.59 Å². The van der Waals surface area contributed by atoms with Gasteiger partial charge in [0, 0.05) is 37.7 Å². The highest BCUT2D eigenvalue weighted by Crippen LogP contribution is 2.30. The Hall–Kier alpha value is -5.26. The second kappa shape index (κ2) is 11.5. The lowest BCUT2D eigenvalue weighted by atomic mass is 10.1. The van der Waals surface area contributed by atoms with Gasteiger partial charge in [-0.1, -0.05) is 0 Å². The zero-order valence-corrected chi connectivity index (χ0v) is 22.6. The molecule has 0 aliphatic carbocycles. The molecule has 0 spiro atoms.